The number of allylic oxidation sites excluding steroid dienone is 1. The highest BCUT2D eigenvalue weighted by Crippen LogP contribution is 2.44. The van der Waals surface area contributed by atoms with Gasteiger partial charge in [0, 0.05) is 50.6 Å². The minimum absolute atomic E-state index is 0.0783. The van der Waals surface area contributed by atoms with Crippen molar-refractivity contribution in [1.82, 2.24) is 24.4 Å². The average Bonchev–Trinajstić information content (AvgIpc) is 3.25. The zero-order valence-electron chi connectivity index (χ0n) is 20.1. The number of aromatic nitrogens is 4. The van der Waals surface area contributed by atoms with Crippen LogP contribution in [0.4, 0.5) is 17.5 Å². The van der Waals surface area contributed by atoms with E-state index in [4.69, 9.17) is 9.72 Å². The predicted molar refractivity (Wildman–Crippen MR) is 136 cm³/mol. The molecule has 0 aromatic carbocycles. The first-order valence-corrected chi connectivity index (χ1v) is 12.4. The zero-order chi connectivity index (χ0) is 23.1. The lowest BCUT2D eigenvalue weighted by molar-refractivity contribution is 0.0315. The van der Waals surface area contributed by atoms with Gasteiger partial charge in [-0.15, -0.1) is 0 Å². The third-order valence-electron chi connectivity index (χ3n) is 7.88. The first-order valence-electron chi connectivity index (χ1n) is 12.4. The Labute approximate surface area is 200 Å². The monoisotopic (exact) mass is 459 g/mol. The summed E-state index contributed by atoms with van der Waals surface area (Å²) < 4.78 is 8.11. The van der Waals surface area contributed by atoms with Crippen LogP contribution in [-0.2, 0) is 10.3 Å². The van der Waals surface area contributed by atoms with Crippen molar-refractivity contribution in [2.45, 2.75) is 43.7 Å². The Morgan fingerprint density at radius 1 is 1.06 bits per heavy atom. The second-order valence-corrected chi connectivity index (χ2v) is 9.96. The maximum Gasteiger partial charge on any atom is 0.230 e. The van der Waals surface area contributed by atoms with E-state index in [1.807, 2.05) is 25.6 Å². The number of pyridine rings is 1. The number of rotatable bonds is 4. The first kappa shape index (κ1) is 21.6. The average molecular weight is 460 g/mol. The SMILES string of the molecule is COC1CCC2(CC=Cc3cc4cnc(Nc5ccc(N6CCN(C)CC6)cn5)nc4n32)CC1. The fourth-order valence-electron chi connectivity index (χ4n) is 5.80. The van der Waals surface area contributed by atoms with E-state index in [0.717, 1.165) is 80.8 Å². The van der Waals surface area contributed by atoms with Crippen LogP contribution in [-0.4, -0.2) is 70.9 Å². The molecule has 1 saturated heterocycles. The van der Waals surface area contributed by atoms with E-state index in [1.54, 1.807) is 0 Å². The second-order valence-electron chi connectivity index (χ2n) is 9.96. The highest BCUT2D eigenvalue weighted by Gasteiger charge is 2.39. The molecular weight excluding hydrogens is 426 g/mol. The molecule has 3 aromatic heterocycles. The summed E-state index contributed by atoms with van der Waals surface area (Å²) in [6, 6.07) is 6.36. The number of anilines is 3. The van der Waals surface area contributed by atoms with Gasteiger partial charge in [-0.25, -0.2) is 9.97 Å². The molecule has 8 heteroatoms. The van der Waals surface area contributed by atoms with Crippen LogP contribution in [0.5, 0.6) is 0 Å². The zero-order valence-corrected chi connectivity index (χ0v) is 20.1. The molecule has 178 valence electrons. The number of ether oxygens (including phenoxy) is 1. The van der Waals surface area contributed by atoms with E-state index in [0.29, 0.717) is 12.1 Å². The van der Waals surface area contributed by atoms with Crippen molar-refractivity contribution in [3.05, 3.63) is 42.4 Å². The number of piperazine rings is 1. The fraction of sp³-hybridized carbons (Fsp3) is 0.500. The Kier molecular flexibility index (Phi) is 5.50. The Bertz CT molecular complexity index is 1190. The van der Waals surface area contributed by atoms with Crippen LogP contribution in [0.3, 0.4) is 0 Å². The largest absolute Gasteiger partial charge is 0.381 e. The lowest BCUT2D eigenvalue weighted by atomic mass is 9.76. The van der Waals surface area contributed by atoms with Crippen LogP contribution in [0, 0.1) is 0 Å². The van der Waals surface area contributed by atoms with Crippen molar-refractivity contribution in [1.29, 1.82) is 0 Å². The topological polar surface area (TPSA) is 71.3 Å². The molecule has 34 heavy (non-hydrogen) atoms. The molecule has 1 spiro atoms. The van der Waals surface area contributed by atoms with Gasteiger partial charge < -0.3 is 24.4 Å². The van der Waals surface area contributed by atoms with E-state index in [-0.39, 0.29) is 5.54 Å². The van der Waals surface area contributed by atoms with Gasteiger partial charge in [0.2, 0.25) is 5.95 Å². The lowest BCUT2D eigenvalue weighted by Gasteiger charge is -2.43. The molecule has 5 heterocycles. The summed E-state index contributed by atoms with van der Waals surface area (Å²) >= 11 is 0. The number of hydrogen-bond acceptors (Lipinski definition) is 7. The summed E-state index contributed by atoms with van der Waals surface area (Å²) in [5.74, 6) is 1.35. The summed E-state index contributed by atoms with van der Waals surface area (Å²) in [5, 5.41) is 4.41. The summed E-state index contributed by atoms with van der Waals surface area (Å²) in [6.07, 6.45) is 14.2. The molecule has 2 fully saturated rings. The third kappa shape index (κ3) is 3.84. The van der Waals surface area contributed by atoms with Gasteiger partial charge in [0.1, 0.15) is 11.5 Å². The minimum Gasteiger partial charge on any atom is -0.381 e. The van der Waals surface area contributed by atoms with Crippen LogP contribution in [0.15, 0.2) is 36.7 Å². The number of fused-ring (bicyclic) bond motifs is 4. The van der Waals surface area contributed by atoms with Gasteiger partial charge in [0.25, 0.3) is 0 Å². The summed E-state index contributed by atoms with van der Waals surface area (Å²) in [4.78, 5) is 19.0. The van der Waals surface area contributed by atoms with Crippen molar-refractivity contribution < 1.29 is 4.74 Å². The molecule has 8 nitrogen and oxygen atoms in total. The van der Waals surface area contributed by atoms with Crippen molar-refractivity contribution in [2.75, 3.05) is 50.6 Å². The maximum atomic E-state index is 5.64. The van der Waals surface area contributed by atoms with Crippen LogP contribution >= 0.6 is 0 Å². The van der Waals surface area contributed by atoms with E-state index < -0.39 is 0 Å². The van der Waals surface area contributed by atoms with Gasteiger partial charge in [-0.05, 0) is 63.4 Å². The molecule has 0 unspecified atom stereocenters. The fourth-order valence-corrected chi connectivity index (χ4v) is 5.80. The van der Waals surface area contributed by atoms with Crippen LogP contribution in [0.2, 0.25) is 0 Å². The molecule has 0 bridgehead atoms. The number of hydrogen-bond donors (Lipinski definition) is 1. The van der Waals surface area contributed by atoms with Gasteiger partial charge in [-0.3, -0.25) is 0 Å². The number of likely N-dealkylation sites (N-methyl/N-ethyl adjacent to an activating group) is 1. The van der Waals surface area contributed by atoms with E-state index in [9.17, 15) is 0 Å². The predicted octanol–water partition coefficient (Wildman–Crippen LogP) is 4.02. The van der Waals surface area contributed by atoms with Crippen LogP contribution in [0.25, 0.3) is 17.1 Å². The van der Waals surface area contributed by atoms with Crippen LogP contribution in [0.1, 0.15) is 37.8 Å². The summed E-state index contributed by atoms with van der Waals surface area (Å²) in [6.45, 7) is 4.23. The summed E-state index contributed by atoms with van der Waals surface area (Å²) in [7, 11) is 4.00. The van der Waals surface area contributed by atoms with Crippen molar-refractivity contribution >= 4 is 34.6 Å². The van der Waals surface area contributed by atoms with Gasteiger partial charge in [-0.1, -0.05) is 6.08 Å². The molecule has 0 radical (unpaired) electrons. The van der Waals surface area contributed by atoms with Gasteiger partial charge in [0.15, 0.2) is 0 Å². The molecule has 1 N–H and O–H groups in total. The smallest absolute Gasteiger partial charge is 0.230 e. The van der Waals surface area contributed by atoms with Crippen molar-refractivity contribution in [3.63, 3.8) is 0 Å². The molecule has 6 rings (SSSR count). The van der Waals surface area contributed by atoms with E-state index >= 15 is 0 Å². The molecule has 3 aromatic rings. The molecular formula is C26H33N7O. The Morgan fingerprint density at radius 2 is 1.88 bits per heavy atom. The summed E-state index contributed by atoms with van der Waals surface area (Å²) in [5.41, 5.74) is 3.46. The van der Waals surface area contributed by atoms with Gasteiger partial charge >= 0.3 is 0 Å². The highest BCUT2D eigenvalue weighted by atomic mass is 16.5. The minimum atomic E-state index is 0.0783. The Morgan fingerprint density at radius 3 is 2.62 bits per heavy atom. The van der Waals surface area contributed by atoms with Gasteiger partial charge in [0.05, 0.1) is 23.5 Å². The quantitative estimate of drug-likeness (QED) is 0.632. The molecule has 1 saturated carbocycles. The lowest BCUT2D eigenvalue weighted by Crippen LogP contribution is -2.44. The molecule has 0 atom stereocenters. The number of nitrogens with zero attached hydrogens (tertiary/aromatic N) is 6. The highest BCUT2D eigenvalue weighted by molar-refractivity contribution is 5.82. The third-order valence-corrected chi connectivity index (χ3v) is 7.88. The normalized spacial score (nSPS) is 25.1. The van der Waals surface area contributed by atoms with Crippen molar-refractivity contribution in [3.8, 4) is 0 Å². The Balaban J connectivity index is 1.25. The Hall–Kier alpha value is -2.97. The van der Waals surface area contributed by atoms with Crippen molar-refractivity contribution in [2.24, 2.45) is 0 Å². The first-order chi connectivity index (χ1) is 16.6. The van der Waals surface area contributed by atoms with Gasteiger partial charge in [-0.2, -0.15) is 4.98 Å². The second kappa shape index (κ2) is 8.67. The molecule has 2 aliphatic heterocycles. The number of nitrogens with one attached hydrogen (secondary N) is 1. The molecule has 0 amide bonds. The van der Waals surface area contributed by atoms with E-state index in [1.165, 1.54) is 5.69 Å². The van der Waals surface area contributed by atoms with Crippen LogP contribution < -0.4 is 10.2 Å². The molecule has 3 aliphatic rings. The molecule has 1 aliphatic carbocycles. The standard InChI is InChI=1S/C26H33N7O/c1-31-12-14-32(15-13-31)21-5-6-23(27-18-21)29-25-28-17-19-16-20-4-3-9-26(33(20)24(19)30-25)10-7-22(34-2)8-11-26/h3-6,16-18,22H,7-15H2,1-2H3,(H,27,28,29,30). The van der Waals surface area contributed by atoms with E-state index in [2.05, 4.69) is 61.0 Å². The maximum absolute atomic E-state index is 5.64. The number of methoxy groups -OCH3 is 1.